The summed E-state index contributed by atoms with van der Waals surface area (Å²) in [6.07, 6.45) is 4.44. The fraction of sp³-hybridized carbons (Fsp3) is 0.333. The van der Waals surface area contributed by atoms with E-state index in [1.54, 1.807) is 0 Å². The smallest absolute Gasteiger partial charge is 0.109 e. The second-order valence-electron chi connectivity index (χ2n) is 4.00. The molecule has 3 heterocycles. The highest BCUT2D eigenvalue weighted by molar-refractivity contribution is 5.53. The zero-order valence-electron chi connectivity index (χ0n) is 8.77. The van der Waals surface area contributed by atoms with Gasteiger partial charge < -0.3 is 4.57 Å². The van der Waals surface area contributed by atoms with Crippen LogP contribution in [-0.2, 0) is 13.0 Å². The molecule has 3 nitrogen and oxygen atoms in total. The highest BCUT2D eigenvalue weighted by Gasteiger charge is 2.14. The topological polar surface area (TPSA) is 30.7 Å². The van der Waals surface area contributed by atoms with E-state index in [4.69, 9.17) is 0 Å². The molecule has 0 aliphatic carbocycles. The molecule has 0 radical (unpaired) electrons. The molecule has 3 heteroatoms. The first kappa shape index (κ1) is 8.65. The number of pyridine rings is 1. The number of hydrogen-bond donors (Lipinski definition) is 0. The van der Waals surface area contributed by atoms with Crippen LogP contribution in [0.25, 0.3) is 11.4 Å². The number of hydrogen-bond acceptors (Lipinski definition) is 2. The van der Waals surface area contributed by atoms with Gasteiger partial charge in [-0.3, -0.25) is 4.98 Å². The van der Waals surface area contributed by atoms with Crippen LogP contribution in [0.1, 0.15) is 17.9 Å². The number of aromatic nitrogens is 3. The molecule has 0 saturated heterocycles. The minimum absolute atomic E-state index is 0.983. The zero-order chi connectivity index (χ0) is 10.3. The fourth-order valence-electron chi connectivity index (χ4n) is 2.06. The van der Waals surface area contributed by atoms with Crippen LogP contribution in [0.4, 0.5) is 0 Å². The third kappa shape index (κ3) is 1.44. The normalized spacial score (nSPS) is 14.2. The quantitative estimate of drug-likeness (QED) is 0.705. The molecule has 0 amide bonds. The Bertz CT molecular complexity index is 478. The third-order valence-corrected chi connectivity index (χ3v) is 2.81. The molecule has 0 unspecified atom stereocenters. The van der Waals surface area contributed by atoms with E-state index in [1.807, 2.05) is 25.1 Å². The average molecular weight is 199 g/mol. The molecule has 2 aromatic rings. The van der Waals surface area contributed by atoms with Gasteiger partial charge in [0.05, 0.1) is 5.69 Å². The van der Waals surface area contributed by atoms with E-state index in [9.17, 15) is 0 Å². The molecule has 1 aliphatic heterocycles. The van der Waals surface area contributed by atoms with Crippen molar-refractivity contribution in [3.63, 3.8) is 0 Å². The van der Waals surface area contributed by atoms with Crippen LogP contribution in [-0.4, -0.2) is 14.5 Å². The molecule has 0 bridgehead atoms. The van der Waals surface area contributed by atoms with Gasteiger partial charge in [-0.2, -0.15) is 0 Å². The van der Waals surface area contributed by atoms with E-state index in [2.05, 4.69) is 20.7 Å². The van der Waals surface area contributed by atoms with Gasteiger partial charge in [0.15, 0.2) is 0 Å². The Morgan fingerprint density at radius 2 is 2.13 bits per heavy atom. The number of imidazole rings is 1. The number of nitrogens with zero attached hydrogens (tertiary/aromatic N) is 3. The van der Waals surface area contributed by atoms with Crippen LogP contribution in [0.15, 0.2) is 24.4 Å². The summed E-state index contributed by atoms with van der Waals surface area (Å²) in [7, 11) is 0. The summed E-state index contributed by atoms with van der Waals surface area (Å²) >= 11 is 0. The molecule has 0 N–H and O–H groups in total. The third-order valence-electron chi connectivity index (χ3n) is 2.81. The van der Waals surface area contributed by atoms with Crippen molar-refractivity contribution in [3.8, 4) is 11.4 Å². The SMILES string of the molecule is Cc1cccc(-c2cn3c(n2)CCC3)n1. The van der Waals surface area contributed by atoms with E-state index in [0.717, 1.165) is 30.0 Å². The van der Waals surface area contributed by atoms with E-state index >= 15 is 0 Å². The predicted octanol–water partition coefficient (Wildman–Crippen LogP) is 2.20. The second kappa shape index (κ2) is 3.19. The Balaban J connectivity index is 2.06. The predicted molar refractivity (Wildman–Crippen MR) is 58.5 cm³/mol. The highest BCUT2D eigenvalue weighted by Crippen LogP contribution is 2.21. The van der Waals surface area contributed by atoms with Crippen molar-refractivity contribution in [1.82, 2.24) is 14.5 Å². The van der Waals surface area contributed by atoms with Gasteiger partial charge in [-0.25, -0.2) is 4.98 Å². The van der Waals surface area contributed by atoms with Crippen LogP contribution in [0, 0.1) is 6.92 Å². The average Bonchev–Trinajstić information content (AvgIpc) is 2.76. The summed E-state index contributed by atoms with van der Waals surface area (Å²) in [4.78, 5) is 9.08. The van der Waals surface area contributed by atoms with E-state index in [0.29, 0.717) is 0 Å². The Kier molecular flexibility index (Phi) is 1.84. The second-order valence-corrected chi connectivity index (χ2v) is 4.00. The van der Waals surface area contributed by atoms with Crippen LogP contribution in [0.3, 0.4) is 0 Å². The maximum absolute atomic E-state index is 4.60. The Hall–Kier alpha value is -1.64. The van der Waals surface area contributed by atoms with Crippen LogP contribution < -0.4 is 0 Å². The van der Waals surface area contributed by atoms with Crippen LogP contribution in [0.2, 0.25) is 0 Å². The minimum Gasteiger partial charge on any atom is -0.334 e. The summed E-state index contributed by atoms with van der Waals surface area (Å²) in [5.74, 6) is 1.20. The molecule has 2 aromatic heterocycles. The van der Waals surface area contributed by atoms with Gasteiger partial charge >= 0.3 is 0 Å². The number of rotatable bonds is 1. The lowest BCUT2D eigenvalue weighted by Gasteiger charge is -1.97. The lowest BCUT2D eigenvalue weighted by Crippen LogP contribution is -1.88. The molecular weight excluding hydrogens is 186 g/mol. The summed E-state index contributed by atoms with van der Waals surface area (Å²) in [5.41, 5.74) is 3.03. The summed E-state index contributed by atoms with van der Waals surface area (Å²) < 4.78 is 2.24. The first-order valence-electron chi connectivity index (χ1n) is 5.33. The lowest BCUT2D eigenvalue weighted by molar-refractivity contribution is 0.750. The zero-order valence-corrected chi connectivity index (χ0v) is 8.77. The molecule has 0 fully saturated rings. The van der Waals surface area contributed by atoms with Gasteiger partial charge in [-0.05, 0) is 25.5 Å². The summed E-state index contributed by atoms with van der Waals surface area (Å²) in [6.45, 7) is 3.11. The van der Waals surface area contributed by atoms with Gasteiger partial charge in [-0.1, -0.05) is 6.07 Å². The molecule has 3 rings (SSSR count). The van der Waals surface area contributed by atoms with E-state index in [1.165, 1.54) is 12.2 Å². The Labute approximate surface area is 88.8 Å². The monoisotopic (exact) mass is 199 g/mol. The van der Waals surface area contributed by atoms with Crippen molar-refractivity contribution in [1.29, 1.82) is 0 Å². The number of fused-ring (bicyclic) bond motifs is 1. The lowest BCUT2D eigenvalue weighted by atomic mass is 10.2. The largest absolute Gasteiger partial charge is 0.334 e. The molecule has 0 atom stereocenters. The van der Waals surface area contributed by atoms with Crippen LogP contribution >= 0.6 is 0 Å². The van der Waals surface area contributed by atoms with Crippen molar-refractivity contribution in [2.45, 2.75) is 26.3 Å². The van der Waals surface area contributed by atoms with Gasteiger partial charge in [0.1, 0.15) is 11.5 Å². The van der Waals surface area contributed by atoms with Crippen molar-refractivity contribution in [3.05, 3.63) is 35.9 Å². The van der Waals surface area contributed by atoms with Crippen molar-refractivity contribution in [2.24, 2.45) is 0 Å². The molecule has 0 spiro atoms. The Morgan fingerprint density at radius 3 is 2.93 bits per heavy atom. The molecular formula is C12H13N3. The maximum Gasteiger partial charge on any atom is 0.109 e. The van der Waals surface area contributed by atoms with E-state index in [-0.39, 0.29) is 0 Å². The first-order chi connectivity index (χ1) is 7.33. The van der Waals surface area contributed by atoms with Crippen molar-refractivity contribution >= 4 is 0 Å². The maximum atomic E-state index is 4.60. The van der Waals surface area contributed by atoms with Crippen LogP contribution in [0.5, 0.6) is 0 Å². The molecule has 0 aromatic carbocycles. The van der Waals surface area contributed by atoms with Gasteiger partial charge in [-0.15, -0.1) is 0 Å². The summed E-state index contributed by atoms with van der Waals surface area (Å²) in [5, 5.41) is 0. The Morgan fingerprint density at radius 1 is 1.20 bits per heavy atom. The van der Waals surface area contributed by atoms with Gasteiger partial charge in [0, 0.05) is 24.9 Å². The number of aryl methyl sites for hydroxylation is 3. The van der Waals surface area contributed by atoms with Crippen molar-refractivity contribution < 1.29 is 0 Å². The standard InChI is InChI=1S/C12H13N3/c1-9-4-2-5-10(13-9)11-8-15-7-3-6-12(15)14-11/h2,4-5,8H,3,6-7H2,1H3. The highest BCUT2D eigenvalue weighted by atomic mass is 15.1. The molecule has 76 valence electrons. The van der Waals surface area contributed by atoms with Crippen molar-refractivity contribution in [2.75, 3.05) is 0 Å². The molecule has 1 aliphatic rings. The molecule has 15 heavy (non-hydrogen) atoms. The summed E-state index contributed by atoms with van der Waals surface area (Å²) in [6, 6.07) is 6.06. The fourth-order valence-corrected chi connectivity index (χ4v) is 2.06. The van der Waals surface area contributed by atoms with Gasteiger partial charge in [0.25, 0.3) is 0 Å². The molecule has 0 saturated carbocycles. The van der Waals surface area contributed by atoms with Gasteiger partial charge in [0.2, 0.25) is 0 Å². The first-order valence-corrected chi connectivity index (χ1v) is 5.33. The minimum atomic E-state index is 0.983. The van der Waals surface area contributed by atoms with E-state index < -0.39 is 0 Å².